The second-order valence-electron chi connectivity index (χ2n) is 5.94. The minimum absolute atomic E-state index is 0.0361. The fourth-order valence-electron chi connectivity index (χ4n) is 2.40. The van der Waals surface area contributed by atoms with Crippen LogP contribution in [0, 0.1) is 0 Å². The van der Waals surface area contributed by atoms with E-state index < -0.39 is 11.8 Å². The maximum absolute atomic E-state index is 12.2. The van der Waals surface area contributed by atoms with Crippen LogP contribution in [0.3, 0.4) is 0 Å². The first-order valence-corrected chi connectivity index (χ1v) is 9.19. The van der Waals surface area contributed by atoms with Crippen molar-refractivity contribution in [3.05, 3.63) is 83.9 Å². The topological polar surface area (TPSA) is 108 Å². The second kappa shape index (κ2) is 10.00. The van der Waals surface area contributed by atoms with E-state index in [1.54, 1.807) is 24.3 Å². The van der Waals surface area contributed by atoms with Gasteiger partial charge in [-0.1, -0.05) is 30.3 Å². The number of nitrogens with one attached hydrogen (secondary N) is 4. The van der Waals surface area contributed by atoms with Gasteiger partial charge >= 0.3 is 0 Å². The number of nitrogens with zero attached hydrogens (tertiary/aromatic N) is 1. The molecule has 3 aromatic rings. The van der Waals surface area contributed by atoms with Crippen LogP contribution in [0.4, 0.5) is 0 Å². The number of benzene rings is 2. The highest BCUT2D eigenvalue weighted by Crippen LogP contribution is 2.13. The normalized spacial score (nSPS) is 10.1. The molecule has 0 aliphatic rings. The Bertz CT molecular complexity index is 960. The molecule has 9 heteroatoms. The number of hydrazine groups is 1. The molecule has 4 N–H and O–H groups in total. The van der Waals surface area contributed by atoms with E-state index in [1.165, 1.54) is 18.1 Å². The molecule has 1 heterocycles. The van der Waals surface area contributed by atoms with E-state index in [4.69, 9.17) is 17.0 Å². The van der Waals surface area contributed by atoms with Crippen LogP contribution in [0.5, 0.6) is 5.75 Å². The number of hydrogen-bond acceptors (Lipinski definition) is 5. The number of hydrogen-bond donors (Lipinski definition) is 4. The summed E-state index contributed by atoms with van der Waals surface area (Å²) in [5.41, 5.74) is 6.67. The van der Waals surface area contributed by atoms with Crippen molar-refractivity contribution in [1.82, 2.24) is 26.1 Å². The maximum atomic E-state index is 12.2. The molecule has 0 saturated carbocycles. The Labute approximate surface area is 172 Å². The summed E-state index contributed by atoms with van der Waals surface area (Å²) in [6.45, 7) is 0.541. The van der Waals surface area contributed by atoms with Gasteiger partial charge in [0.1, 0.15) is 11.4 Å². The van der Waals surface area contributed by atoms with Crippen LogP contribution in [0.15, 0.2) is 67.1 Å². The van der Waals surface area contributed by atoms with Gasteiger partial charge in [0.2, 0.25) is 0 Å². The Balaban J connectivity index is 1.42. The van der Waals surface area contributed by atoms with Gasteiger partial charge in [-0.25, -0.2) is 4.98 Å². The molecule has 2 aromatic carbocycles. The van der Waals surface area contributed by atoms with Crippen molar-refractivity contribution in [3.63, 3.8) is 0 Å². The Hall–Kier alpha value is -3.72. The quantitative estimate of drug-likeness (QED) is 0.366. The molecule has 0 saturated heterocycles. The largest absolute Gasteiger partial charge is 0.493 e. The van der Waals surface area contributed by atoms with Crippen LogP contribution in [0.2, 0.25) is 0 Å². The summed E-state index contributed by atoms with van der Waals surface area (Å²) >= 11 is 5.00. The number of aromatic nitrogens is 2. The Morgan fingerprint density at radius 3 is 2.45 bits per heavy atom. The van der Waals surface area contributed by atoms with E-state index in [0.717, 1.165) is 6.42 Å². The van der Waals surface area contributed by atoms with Crippen molar-refractivity contribution >= 4 is 29.1 Å². The number of imidazole rings is 1. The molecule has 0 unspecified atom stereocenters. The van der Waals surface area contributed by atoms with Gasteiger partial charge in [-0.05, 0) is 42.0 Å². The van der Waals surface area contributed by atoms with Crippen molar-refractivity contribution in [2.45, 2.75) is 6.42 Å². The van der Waals surface area contributed by atoms with E-state index in [9.17, 15) is 9.59 Å². The summed E-state index contributed by atoms with van der Waals surface area (Å²) in [6.07, 6.45) is 3.54. The molecule has 29 heavy (non-hydrogen) atoms. The number of H-pyrrole nitrogens is 1. The predicted molar refractivity (Wildman–Crippen MR) is 111 cm³/mol. The first-order chi connectivity index (χ1) is 14.1. The monoisotopic (exact) mass is 409 g/mol. The second-order valence-corrected chi connectivity index (χ2v) is 6.34. The van der Waals surface area contributed by atoms with Gasteiger partial charge in [-0.2, -0.15) is 0 Å². The summed E-state index contributed by atoms with van der Waals surface area (Å²) in [5, 5.41) is 2.44. The highest BCUT2D eigenvalue weighted by atomic mass is 32.1. The van der Waals surface area contributed by atoms with Crippen molar-refractivity contribution in [1.29, 1.82) is 0 Å². The summed E-state index contributed by atoms with van der Waals surface area (Å²) < 4.78 is 5.70. The number of carbonyl (C=O) groups is 2. The Morgan fingerprint density at radius 1 is 1.00 bits per heavy atom. The smallest absolute Gasteiger partial charge is 0.287 e. The molecule has 0 aliphatic heterocycles. The molecule has 2 amide bonds. The van der Waals surface area contributed by atoms with Crippen LogP contribution in [0.25, 0.3) is 0 Å². The molecule has 0 spiro atoms. The van der Waals surface area contributed by atoms with E-state index >= 15 is 0 Å². The van der Waals surface area contributed by atoms with Crippen LogP contribution >= 0.6 is 12.2 Å². The van der Waals surface area contributed by atoms with E-state index in [2.05, 4.69) is 26.1 Å². The summed E-state index contributed by atoms with van der Waals surface area (Å²) in [4.78, 5) is 30.4. The fourth-order valence-corrected chi connectivity index (χ4v) is 2.55. The number of aromatic amines is 1. The first kappa shape index (κ1) is 20.0. The third-order valence-corrected chi connectivity index (χ3v) is 4.08. The zero-order valence-electron chi connectivity index (χ0n) is 15.3. The lowest BCUT2D eigenvalue weighted by Gasteiger charge is -2.11. The van der Waals surface area contributed by atoms with Gasteiger partial charge in [0.15, 0.2) is 5.11 Å². The van der Waals surface area contributed by atoms with Crippen molar-refractivity contribution in [3.8, 4) is 5.75 Å². The minimum atomic E-state index is -0.462. The molecular weight excluding hydrogens is 390 g/mol. The molecule has 148 valence electrons. The van der Waals surface area contributed by atoms with Gasteiger partial charge in [0, 0.05) is 12.0 Å². The van der Waals surface area contributed by atoms with Gasteiger partial charge in [0.25, 0.3) is 11.8 Å². The minimum Gasteiger partial charge on any atom is -0.493 e. The number of rotatable bonds is 6. The SMILES string of the molecule is O=C(NC(=S)NNC(=O)c1cnc[nH]1)c1ccc(OCCc2ccccc2)cc1. The molecule has 0 bridgehead atoms. The lowest BCUT2D eigenvalue weighted by molar-refractivity contribution is 0.0931. The van der Waals surface area contributed by atoms with Crippen molar-refractivity contribution in [2.24, 2.45) is 0 Å². The molecule has 8 nitrogen and oxygen atoms in total. The van der Waals surface area contributed by atoms with E-state index in [-0.39, 0.29) is 10.8 Å². The molecule has 0 aliphatic carbocycles. The molecule has 1 aromatic heterocycles. The Kier molecular flexibility index (Phi) is 6.90. The van der Waals surface area contributed by atoms with Gasteiger partial charge in [-0.15, -0.1) is 0 Å². The highest BCUT2D eigenvalue weighted by Gasteiger charge is 2.10. The lowest BCUT2D eigenvalue weighted by Crippen LogP contribution is -2.48. The number of amides is 2. The molecular formula is C20H19N5O3S. The third-order valence-electron chi connectivity index (χ3n) is 3.88. The average Bonchev–Trinajstić information content (AvgIpc) is 3.28. The zero-order valence-corrected chi connectivity index (χ0v) is 16.2. The van der Waals surface area contributed by atoms with Gasteiger partial charge in [-0.3, -0.25) is 25.8 Å². The predicted octanol–water partition coefficient (Wildman–Crippen LogP) is 1.98. The summed E-state index contributed by atoms with van der Waals surface area (Å²) in [6, 6.07) is 16.8. The summed E-state index contributed by atoms with van der Waals surface area (Å²) in [5.74, 6) is -0.199. The van der Waals surface area contributed by atoms with Crippen LogP contribution < -0.4 is 20.9 Å². The molecule has 0 fully saturated rings. The van der Waals surface area contributed by atoms with Crippen molar-refractivity contribution < 1.29 is 14.3 Å². The van der Waals surface area contributed by atoms with Gasteiger partial charge < -0.3 is 9.72 Å². The first-order valence-electron chi connectivity index (χ1n) is 8.78. The lowest BCUT2D eigenvalue weighted by atomic mass is 10.2. The fraction of sp³-hybridized carbons (Fsp3) is 0.100. The highest BCUT2D eigenvalue weighted by molar-refractivity contribution is 7.80. The average molecular weight is 409 g/mol. The summed E-state index contributed by atoms with van der Waals surface area (Å²) in [7, 11) is 0. The van der Waals surface area contributed by atoms with Gasteiger partial charge in [0.05, 0.1) is 19.1 Å². The van der Waals surface area contributed by atoms with Crippen LogP contribution in [-0.2, 0) is 6.42 Å². The van der Waals surface area contributed by atoms with E-state index in [0.29, 0.717) is 17.9 Å². The Morgan fingerprint density at radius 2 is 1.76 bits per heavy atom. The molecule has 0 radical (unpaired) electrons. The van der Waals surface area contributed by atoms with Crippen LogP contribution in [-0.4, -0.2) is 33.5 Å². The van der Waals surface area contributed by atoms with Crippen molar-refractivity contribution in [2.75, 3.05) is 6.61 Å². The van der Waals surface area contributed by atoms with Crippen LogP contribution in [0.1, 0.15) is 26.4 Å². The number of ether oxygens (including phenoxy) is 1. The molecule has 0 atom stereocenters. The standard InChI is InChI=1S/C20H19N5O3S/c26-18(23-20(29)25-24-19(27)17-12-21-13-22-17)15-6-8-16(9-7-15)28-11-10-14-4-2-1-3-5-14/h1-9,12-13H,10-11H2,(H,21,22)(H,24,27)(H2,23,25,26,29). The molecule has 3 rings (SSSR count). The zero-order chi connectivity index (χ0) is 20.5. The maximum Gasteiger partial charge on any atom is 0.287 e. The third kappa shape index (κ3) is 6.15. The number of carbonyl (C=O) groups excluding carboxylic acids is 2. The van der Waals surface area contributed by atoms with E-state index in [1.807, 2.05) is 30.3 Å². The number of thiocarbonyl (C=S) groups is 1.